The molecule has 35 heavy (non-hydrogen) atoms. The summed E-state index contributed by atoms with van der Waals surface area (Å²) in [5.41, 5.74) is 0.135. The van der Waals surface area contributed by atoms with Crippen molar-refractivity contribution in [3.8, 4) is 0 Å². The van der Waals surface area contributed by atoms with Crippen LogP contribution < -0.4 is 0 Å². The summed E-state index contributed by atoms with van der Waals surface area (Å²) in [6, 6.07) is 20.0. The minimum Gasteiger partial charge on any atom is -0.459 e. The molecule has 3 aromatic carbocycles. The summed E-state index contributed by atoms with van der Waals surface area (Å²) in [5, 5.41) is 14.4. The van der Waals surface area contributed by atoms with Crippen molar-refractivity contribution in [3.05, 3.63) is 83.7 Å². The predicted octanol–water partition coefficient (Wildman–Crippen LogP) is 4.44. The largest absolute Gasteiger partial charge is 0.459 e. The Hall–Kier alpha value is -2.80. The molecule has 1 aliphatic heterocycles. The lowest BCUT2D eigenvalue weighted by Gasteiger charge is -2.46. The van der Waals surface area contributed by atoms with Crippen molar-refractivity contribution in [1.29, 1.82) is 0 Å². The normalized spacial score (nSPS) is 26.0. The van der Waals surface area contributed by atoms with Gasteiger partial charge in [-0.2, -0.15) is 0 Å². The maximum absolute atomic E-state index is 13.6. The van der Waals surface area contributed by atoms with Crippen LogP contribution in [0.25, 0.3) is 10.8 Å². The number of likely N-dealkylation sites (N-methyl/N-ethyl adjacent to an activating group) is 1. The van der Waals surface area contributed by atoms with Gasteiger partial charge >= 0.3 is 5.97 Å². The summed E-state index contributed by atoms with van der Waals surface area (Å²) in [6.45, 7) is 4.65. The lowest BCUT2D eigenvalue weighted by molar-refractivity contribution is -0.100. The number of esters is 1. The van der Waals surface area contributed by atoms with Crippen LogP contribution in [-0.4, -0.2) is 66.8 Å². The first-order valence-corrected chi connectivity index (χ1v) is 12.5. The first-order chi connectivity index (χ1) is 16.9. The molecule has 3 unspecified atom stereocenters. The van der Waals surface area contributed by atoms with Crippen LogP contribution in [0.2, 0.25) is 0 Å². The molecule has 0 spiro atoms. The van der Waals surface area contributed by atoms with Gasteiger partial charge in [0, 0.05) is 38.6 Å². The number of benzene rings is 3. The fourth-order valence-electron chi connectivity index (χ4n) is 5.56. The topological polar surface area (TPSA) is 53.0 Å². The van der Waals surface area contributed by atoms with Crippen molar-refractivity contribution < 1.29 is 19.0 Å². The van der Waals surface area contributed by atoms with E-state index < -0.39 is 17.4 Å². The van der Waals surface area contributed by atoms with Gasteiger partial charge in [-0.25, -0.2) is 9.18 Å². The van der Waals surface area contributed by atoms with Crippen LogP contribution in [0, 0.1) is 11.7 Å². The quantitative estimate of drug-likeness (QED) is 0.552. The summed E-state index contributed by atoms with van der Waals surface area (Å²) < 4.78 is 19.4. The third-order valence-electron chi connectivity index (χ3n) is 7.73. The number of hydrogen-bond donors (Lipinski definition) is 1. The zero-order valence-electron chi connectivity index (χ0n) is 20.2. The van der Waals surface area contributed by atoms with E-state index in [0.717, 1.165) is 49.1 Å². The van der Waals surface area contributed by atoms with E-state index >= 15 is 0 Å². The number of carbonyl (C=O) groups is 1. The average molecular weight is 477 g/mol. The zero-order chi connectivity index (χ0) is 24.4. The lowest BCUT2D eigenvalue weighted by atomic mass is 9.70. The molecule has 1 saturated heterocycles. The summed E-state index contributed by atoms with van der Waals surface area (Å²) in [6.07, 6.45) is 1.31. The number of piperazine rings is 1. The Morgan fingerprint density at radius 1 is 1.03 bits per heavy atom. The fourth-order valence-corrected chi connectivity index (χ4v) is 5.56. The molecule has 6 heteroatoms. The smallest absolute Gasteiger partial charge is 0.338 e. The van der Waals surface area contributed by atoms with Gasteiger partial charge in [0.2, 0.25) is 0 Å². The van der Waals surface area contributed by atoms with Gasteiger partial charge in [0.25, 0.3) is 0 Å². The van der Waals surface area contributed by atoms with Crippen molar-refractivity contribution in [2.45, 2.75) is 31.0 Å². The summed E-state index contributed by atoms with van der Waals surface area (Å²) in [7, 11) is 2.13. The molecule has 2 fully saturated rings. The van der Waals surface area contributed by atoms with Crippen molar-refractivity contribution in [2.24, 2.45) is 5.92 Å². The maximum atomic E-state index is 13.6. The molecule has 1 saturated carbocycles. The van der Waals surface area contributed by atoms with Gasteiger partial charge in [0.05, 0.1) is 11.2 Å². The number of aliphatic hydroxyl groups is 1. The van der Waals surface area contributed by atoms with Gasteiger partial charge in [0.1, 0.15) is 11.9 Å². The highest BCUT2D eigenvalue weighted by Gasteiger charge is 2.45. The summed E-state index contributed by atoms with van der Waals surface area (Å²) in [5.74, 6) is -1.06. The molecule has 184 valence electrons. The van der Waals surface area contributed by atoms with E-state index in [1.54, 1.807) is 6.07 Å². The van der Waals surface area contributed by atoms with Crippen molar-refractivity contribution in [3.63, 3.8) is 0 Å². The van der Waals surface area contributed by atoms with E-state index in [4.69, 9.17) is 4.74 Å². The Labute approximate surface area is 206 Å². The molecule has 1 aliphatic carbocycles. The van der Waals surface area contributed by atoms with E-state index in [1.165, 1.54) is 18.2 Å². The van der Waals surface area contributed by atoms with E-state index in [1.807, 2.05) is 18.2 Å². The fraction of sp³-hybridized carbons (Fsp3) is 0.414. The molecular formula is C29H33FN2O3. The molecule has 3 aromatic rings. The third-order valence-corrected chi connectivity index (χ3v) is 7.73. The summed E-state index contributed by atoms with van der Waals surface area (Å²) in [4.78, 5) is 17.4. The van der Waals surface area contributed by atoms with E-state index in [2.05, 4.69) is 41.1 Å². The van der Waals surface area contributed by atoms with Gasteiger partial charge in [-0.3, -0.25) is 0 Å². The second-order valence-electron chi connectivity index (χ2n) is 10.1. The van der Waals surface area contributed by atoms with Crippen molar-refractivity contribution in [1.82, 2.24) is 9.80 Å². The van der Waals surface area contributed by atoms with Gasteiger partial charge < -0.3 is 19.6 Å². The van der Waals surface area contributed by atoms with Crippen LogP contribution in [0.1, 0.15) is 35.2 Å². The lowest BCUT2D eigenvalue weighted by Crippen LogP contribution is -2.52. The highest BCUT2D eigenvalue weighted by molar-refractivity contribution is 5.89. The Balaban J connectivity index is 1.38. The van der Waals surface area contributed by atoms with E-state index in [-0.39, 0.29) is 17.6 Å². The number of carbonyl (C=O) groups excluding carboxylic acids is 1. The number of ether oxygens (including phenoxy) is 1. The van der Waals surface area contributed by atoms with Crippen molar-refractivity contribution >= 4 is 16.7 Å². The van der Waals surface area contributed by atoms with Gasteiger partial charge in [-0.1, -0.05) is 42.5 Å². The maximum Gasteiger partial charge on any atom is 0.338 e. The molecule has 3 atom stereocenters. The number of halogens is 1. The van der Waals surface area contributed by atoms with Crippen molar-refractivity contribution in [2.75, 3.05) is 39.8 Å². The van der Waals surface area contributed by atoms with E-state index in [0.29, 0.717) is 19.3 Å². The third kappa shape index (κ3) is 5.25. The Morgan fingerprint density at radius 2 is 1.80 bits per heavy atom. The Kier molecular flexibility index (Phi) is 6.87. The monoisotopic (exact) mass is 476 g/mol. The molecule has 5 nitrogen and oxygen atoms in total. The zero-order valence-corrected chi connectivity index (χ0v) is 20.2. The SMILES string of the molecule is CN1CCN(CC2CC(OC(=O)c3cccc(F)c3)CCC2(O)c2ccc3ccccc3c2)CC1. The second kappa shape index (κ2) is 10.1. The minimum atomic E-state index is -1.00. The van der Waals surface area contributed by atoms with Gasteiger partial charge in [0.15, 0.2) is 0 Å². The number of fused-ring (bicyclic) bond motifs is 1. The molecule has 0 bridgehead atoms. The predicted molar refractivity (Wildman–Crippen MR) is 135 cm³/mol. The van der Waals surface area contributed by atoms with Crippen LogP contribution in [0.5, 0.6) is 0 Å². The molecule has 0 radical (unpaired) electrons. The Bertz CT molecular complexity index is 1190. The first-order valence-electron chi connectivity index (χ1n) is 12.5. The minimum absolute atomic E-state index is 0.0915. The second-order valence-corrected chi connectivity index (χ2v) is 10.1. The van der Waals surface area contributed by atoms with E-state index in [9.17, 15) is 14.3 Å². The molecule has 0 aromatic heterocycles. The van der Waals surface area contributed by atoms with Gasteiger partial charge in [-0.15, -0.1) is 0 Å². The molecule has 0 amide bonds. The number of nitrogens with zero attached hydrogens (tertiary/aromatic N) is 2. The molecule has 1 N–H and O–H groups in total. The van der Waals surface area contributed by atoms with Crippen LogP contribution >= 0.6 is 0 Å². The van der Waals surface area contributed by atoms with Crippen LogP contribution in [-0.2, 0) is 10.3 Å². The molecular weight excluding hydrogens is 443 g/mol. The van der Waals surface area contributed by atoms with Crippen LogP contribution in [0.15, 0.2) is 66.7 Å². The van der Waals surface area contributed by atoms with Gasteiger partial charge in [-0.05, 0) is 66.9 Å². The number of rotatable bonds is 5. The Morgan fingerprint density at radius 3 is 2.57 bits per heavy atom. The molecule has 2 aliphatic rings. The number of hydrogen-bond acceptors (Lipinski definition) is 5. The highest BCUT2D eigenvalue weighted by atomic mass is 19.1. The highest BCUT2D eigenvalue weighted by Crippen LogP contribution is 2.44. The van der Waals surface area contributed by atoms with Crippen LogP contribution in [0.3, 0.4) is 0 Å². The molecule has 5 rings (SSSR count). The first kappa shape index (κ1) is 23.9. The van der Waals surface area contributed by atoms with Crippen LogP contribution in [0.4, 0.5) is 4.39 Å². The average Bonchev–Trinajstić information content (AvgIpc) is 2.87. The molecule has 1 heterocycles. The summed E-state index contributed by atoms with van der Waals surface area (Å²) >= 11 is 0. The standard InChI is InChI=1S/C29H33FN2O3/c1-31-13-15-32(16-14-31)20-25-19-27(35-28(33)23-7-4-8-26(30)18-23)11-12-29(25,34)24-10-9-21-5-2-3-6-22(21)17-24/h2-10,17-18,25,27,34H,11-16,19-20H2,1H3.